The van der Waals surface area contributed by atoms with Crippen molar-refractivity contribution in [1.82, 2.24) is 0 Å². The Kier molecular flexibility index (Phi) is 7.79. The van der Waals surface area contributed by atoms with E-state index in [9.17, 15) is 0 Å². The molecule has 25 heavy (non-hydrogen) atoms. The Morgan fingerprint density at radius 3 is 2.52 bits per heavy atom. The summed E-state index contributed by atoms with van der Waals surface area (Å²) in [5.74, 6) is 1.81. The van der Waals surface area contributed by atoms with Crippen molar-refractivity contribution in [3.63, 3.8) is 0 Å². The van der Waals surface area contributed by atoms with Gasteiger partial charge in [-0.25, -0.2) is 0 Å². The lowest BCUT2D eigenvalue weighted by molar-refractivity contribution is 0.00983. The van der Waals surface area contributed by atoms with Crippen LogP contribution < -0.4 is 9.47 Å². The molecule has 0 spiro atoms. The molecule has 0 saturated heterocycles. The van der Waals surface area contributed by atoms with E-state index < -0.39 is 0 Å². The van der Waals surface area contributed by atoms with Crippen LogP contribution in [0.2, 0.25) is 0 Å². The molecule has 1 fully saturated rings. The Labute approximate surface area is 150 Å². The van der Waals surface area contributed by atoms with Gasteiger partial charge in [-0.2, -0.15) is 0 Å². The van der Waals surface area contributed by atoms with Gasteiger partial charge in [0.1, 0.15) is 31.3 Å². The molecule has 2 unspecified atom stereocenters. The van der Waals surface area contributed by atoms with Gasteiger partial charge in [0.2, 0.25) is 0 Å². The lowest BCUT2D eigenvalue weighted by Gasteiger charge is -2.23. The summed E-state index contributed by atoms with van der Waals surface area (Å²) >= 11 is 0. The van der Waals surface area contributed by atoms with Crippen molar-refractivity contribution < 1.29 is 19.0 Å². The molecule has 1 saturated carbocycles. The minimum Gasteiger partial charge on any atom is -0.490 e. The van der Waals surface area contributed by atoms with Crippen LogP contribution in [0.25, 0.3) is 0 Å². The number of hydrogen-bond acceptors (Lipinski definition) is 5. The predicted octanol–water partition coefficient (Wildman–Crippen LogP) is 4.21. The van der Waals surface area contributed by atoms with E-state index in [0.29, 0.717) is 13.2 Å². The summed E-state index contributed by atoms with van der Waals surface area (Å²) in [6, 6.07) is 4.06. The first-order valence-electron chi connectivity index (χ1n) is 8.84. The Balaban J connectivity index is 1.99. The molecule has 0 aliphatic heterocycles. The average Bonchev–Trinajstić information content (AvgIpc) is 3.02. The predicted molar refractivity (Wildman–Crippen MR) is 99.7 cm³/mol. The van der Waals surface area contributed by atoms with E-state index in [2.05, 4.69) is 23.8 Å². The fourth-order valence-corrected chi connectivity index (χ4v) is 3.06. The summed E-state index contributed by atoms with van der Waals surface area (Å²) in [7, 11) is 1.52. The summed E-state index contributed by atoms with van der Waals surface area (Å²) in [6.07, 6.45) is 8.88. The largest absolute Gasteiger partial charge is 0.490 e. The Morgan fingerprint density at radius 2 is 1.84 bits per heavy atom. The van der Waals surface area contributed by atoms with Crippen LogP contribution in [0.5, 0.6) is 11.5 Å². The molecule has 0 bridgehead atoms. The summed E-state index contributed by atoms with van der Waals surface area (Å²) in [4.78, 5) is 4.65. The zero-order chi connectivity index (χ0) is 18.1. The Hall–Kier alpha value is -2.01. The third-order valence-electron chi connectivity index (χ3n) is 4.24. The first kappa shape index (κ1) is 19.3. The van der Waals surface area contributed by atoms with Crippen LogP contribution in [0.15, 0.2) is 29.4 Å². The molecule has 0 heterocycles. The fraction of sp³-hybridized carbons (Fsp3) is 0.550. The van der Waals surface area contributed by atoms with E-state index in [1.807, 2.05) is 31.2 Å². The van der Waals surface area contributed by atoms with Gasteiger partial charge in [0.05, 0.1) is 18.9 Å². The zero-order valence-electron chi connectivity index (χ0n) is 15.7. The van der Waals surface area contributed by atoms with Crippen molar-refractivity contribution in [3.8, 4) is 11.5 Å². The number of benzene rings is 1. The summed E-state index contributed by atoms with van der Waals surface area (Å²) in [5.41, 5.74) is 2.17. The fourth-order valence-electron chi connectivity index (χ4n) is 3.06. The molecule has 5 heteroatoms. The van der Waals surface area contributed by atoms with Crippen LogP contribution in [0.3, 0.4) is 0 Å². The van der Waals surface area contributed by atoms with Crippen LogP contribution in [0.1, 0.15) is 37.3 Å². The van der Waals surface area contributed by atoms with Crippen molar-refractivity contribution in [2.24, 2.45) is 5.16 Å². The van der Waals surface area contributed by atoms with E-state index >= 15 is 0 Å². The van der Waals surface area contributed by atoms with Gasteiger partial charge < -0.3 is 19.0 Å². The lowest BCUT2D eigenvalue weighted by Crippen LogP contribution is -2.29. The van der Waals surface area contributed by atoms with E-state index in [1.165, 1.54) is 7.11 Å². The molecule has 5 nitrogen and oxygen atoms in total. The number of allylic oxidation sites excluding steroid dienone is 1. The van der Waals surface area contributed by atoms with E-state index in [1.54, 1.807) is 6.21 Å². The van der Waals surface area contributed by atoms with Crippen LogP contribution in [-0.4, -0.2) is 38.7 Å². The van der Waals surface area contributed by atoms with Crippen molar-refractivity contribution in [3.05, 3.63) is 35.4 Å². The quantitative estimate of drug-likeness (QED) is 0.381. The van der Waals surface area contributed by atoms with Gasteiger partial charge >= 0.3 is 0 Å². The highest BCUT2D eigenvalue weighted by molar-refractivity contribution is 5.57. The molecule has 1 aliphatic carbocycles. The number of hydrogen-bond donors (Lipinski definition) is 0. The van der Waals surface area contributed by atoms with E-state index in [0.717, 1.165) is 41.9 Å². The second-order valence-electron chi connectivity index (χ2n) is 6.20. The van der Waals surface area contributed by atoms with Crippen LogP contribution in [0, 0.1) is 13.8 Å². The minimum absolute atomic E-state index is 0.0723. The normalized spacial score (nSPS) is 20.5. The molecule has 0 N–H and O–H groups in total. The van der Waals surface area contributed by atoms with Crippen molar-refractivity contribution in [2.45, 2.75) is 52.2 Å². The second-order valence-corrected chi connectivity index (χ2v) is 6.20. The van der Waals surface area contributed by atoms with Gasteiger partial charge in [-0.1, -0.05) is 17.3 Å². The molecule has 0 aromatic heterocycles. The van der Waals surface area contributed by atoms with Gasteiger partial charge in [0.15, 0.2) is 0 Å². The number of nitrogens with zero attached hydrogens (tertiary/aromatic N) is 1. The second kappa shape index (κ2) is 10.1. The molecule has 0 amide bonds. The standard InChI is InChI=1S/C20H29NO4/c1-5-6-11-23-17-13-15(2)20(16(3)14-17)25-19-9-7-8-18(19)24-12-10-21-22-4/h5-6,10,13-14,18-19H,7-9,11-12H2,1-4H3/b6-5+,21-10+. The molecule has 1 aromatic rings. The zero-order valence-corrected chi connectivity index (χ0v) is 15.7. The van der Waals surface area contributed by atoms with Gasteiger partial charge in [-0.3, -0.25) is 0 Å². The van der Waals surface area contributed by atoms with Crippen LogP contribution >= 0.6 is 0 Å². The maximum absolute atomic E-state index is 6.32. The molecular weight excluding hydrogens is 318 g/mol. The van der Waals surface area contributed by atoms with Gasteiger partial charge in [0, 0.05) is 0 Å². The van der Waals surface area contributed by atoms with Crippen LogP contribution in [-0.2, 0) is 9.57 Å². The van der Waals surface area contributed by atoms with Crippen molar-refractivity contribution in [1.29, 1.82) is 0 Å². The smallest absolute Gasteiger partial charge is 0.125 e. The van der Waals surface area contributed by atoms with Crippen LogP contribution in [0.4, 0.5) is 0 Å². The number of rotatable bonds is 9. The average molecular weight is 347 g/mol. The third-order valence-corrected chi connectivity index (χ3v) is 4.24. The van der Waals surface area contributed by atoms with E-state index in [-0.39, 0.29) is 12.2 Å². The molecule has 2 atom stereocenters. The van der Waals surface area contributed by atoms with Gasteiger partial charge in [0.25, 0.3) is 0 Å². The lowest BCUT2D eigenvalue weighted by atomic mass is 10.1. The summed E-state index contributed by atoms with van der Waals surface area (Å²) in [5, 5.41) is 3.70. The van der Waals surface area contributed by atoms with Gasteiger partial charge in [-0.15, -0.1) is 0 Å². The molecule has 1 aromatic carbocycles. The van der Waals surface area contributed by atoms with Crippen molar-refractivity contribution >= 4 is 6.21 Å². The maximum Gasteiger partial charge on any atom is 0.125 e. The Morgan fingerprint density at radius 1 is 1.12 bits per heavy atom. The molecule has 138 valence electrons. The summed E-state index contributed by atoms with van der Waals surface area (Å²) < 4.78 is 17.9. The third kappa shape index (κ3) is 5.78. The summed E-state index contributed by atoms with van der Waals surface area (Å²) in [6.45, 7) is 7.12. The first-order valence-corrected chi connectivity index (χ1v) is 8.84. The van der Waals surface area contributed by atoms with Crippen molar-refractivity contribution in [2.75, 3.05) is 20.3 Å². The number of aryl methyl sites for hydroxylation is 2. The highest BCUT2D eigenvalue weighted by Crippen LogP contribution is 2.33. The highest BCUT2D eigenvalue weighted by atomic mass is 16.6. The Bertz CT molecular complexity index is 574. The molecule has 2 rings (SSSR count). The number of oxime groups is 1. The molecule has 1 aliphatic rings. The minimum atomic E-state index is 0.0723. The maximum atomic E-state index is 6.32. The van der Waals surface area contributed by atoms with Gasteiger partial charge in [-0.05, 0) is 63.3 Å². The highest BCUT2D eigenvalue weighted by Gasteiger charge is 2.30. The number of ether oxygens (including phenoxy) is 3. The SMILES string of the molecule is C/C=C/COc1cc(C)c(OC2CCCC2OC/C=N/OC)c(C)c1. The topological polar surface area (TPSA) is 49.3 Å². The molecular formula is C20H29NO4. The molecule has 0 radical (unpaired) electrons. The first-order chi connectivity index (χ1) is 12.2. The monoisotopic (exact) mass is 347 g/mol. The van der Waals surface area contributed by atoms with E-state index in [4.69, 9.17) is 14.2 Å².